The number of carbonyl (C=O) groups is 2. The third kappa shape index (κ3) is 3.64. The molecular weight excluding hydrogens is 192 g/mol. The molecule has 3 amide bonds. The molecule has 78 valence electrons. The zero-order chi connectivity index (χ0) is 11.3. The van der Waals surface area contributed by atoms with E-state index in [0.717, 1.165) is 11.6 Å². The van der Waals surface area contributed by atoms with Crippen molar-refractivity contribution in [1.82, 2.24) is 5.32 Å². The van der Waals surface area contributed by atoms with Gasteiger partial charge in [0.25, 0.3) is 5.91 Å². The summed E-state index contributed by atoms with van der Waals surface area (Å²) in [5, 5.41) is 4.60. The Labute approximate surface area is 88.0 Å². The van der Waals surface area contributed by atoms with Gasteiger partial charge in [0.15, 0.2) is 0 Å². The van der Waals surface area contributed by atoms with E-state index in [1.165, 1.54) is 0 Å². The molecule has 0 aliphatic rings. The van der Waals surface area contributed by atoms with Gasteiger partial charge < -0.3 is 5.32 Å². The van der Waals surface area contributed by atoms with Crippen LogP contribution in [0.4, 0.5) is 10.5 Å². The molecule has 0 unspecified atom stereocenters. The summed E-state index contributed by atoms with van der Waals surface area (Å²) in [5.74, 6) is -0.528. The smallest absolute Gasteiger partial charge is 0.308 e. The molecule has 0 bridgehead atoms. The maximum absolute atomic E-state index is 11.2. The Morgan fingerprint density at radius 3 is 2.40 bits per heavy atom. The molecule has 0 aliphatic heterocycles. The fourth-order valence-electron chi connectivity index (χ4n) is 0.962. The summed E-state index contributed by atoms with van der Waals surface area (Å²) >= 11 is 0. The predicted molar refractivity (Wildman–Crippen MR) is 58.5 cm³/mol. The molecule has 0 spiro atoms. The van der Waals surface area contributed by atoms with E-state index in [0.29, 0.717) is 5.69 Å². The monoisotopic (exact) mass is 204 g/mol. The van der Waals surface area contributed by atoms with E-state index in [-0.39, 0.29) is 0 Å². The van der Waals surface area contributed by atoms with Crippen LogP contribution in [-0.4, -0.2) is 11.9 Å². The third-order valence-corrected chi connectivity index (χ3v) is 1.73. The first-order valence-electron chi connectivity index (χ1n) is 4.43. The fraction of sp³-hybridized carbons (Fsp3) is 0.0909. The van der Waals surface area contributed by atoms with E-state index in [1.807, 2.05) is 19.1 Å². The van der Waals surface area contributed by atoms with Crippen molar-refractivity contribution in [3.05, 3.63) is 42.5 Å². The zero-order valence-corrected chi connectivity index (χ0v) is 8.41. The van der Waals surface area contributed by atoms with Gasteiger partial charge in [-0.1, -0.05) is 24.3 Å². The van der Waals surface area contributed by atoms with Crippen molar-refractivity contribution in [3.8, 4) is 0 Å². The molecule has 0 fully saturated rings. The van der Waals surface area contributed by atoms with Gasteiger partial charge in [-0.05, 0) is 25.1 Å². The summed E-state index contributed by atoms with van der Waals surface area (Å²) in [4.78, 5) is 22.0. The Bertz CT molecular complexity index is 382. The Morgan fingerprint density at radius 2 is 1.87 bits per heavy atom. The molecule has 15 heavy (non-hydrogen) atoms. The molecule has 1 aromatic rings. The number of aryl methyl sites for hydroxylation is 1. The minimum atomic E-state index is -0.566. The van der Waals surface area contributed by atoms with E-state index >= 15 is 0 Å². The second-order valence-electron chi connectivity index (χ2n) is 3.01. The van der Waals surface area contributed by atoms with Gasteiger partial charge in [-0.2, -0.15) is 0 Å². The number of amides is 3. The number of anilines is 1. The summed E-state index contributed by atoms with van der Waals surface area (Å²) in [6.07, 6.45) is 1.04. The highest BCUT2D eigenvalue weighted by Gasteiger charge is 2.03. The van der Waals surface area contributed by atoms with Crippen molar-refractivity contribution in [2.75, 3.05) is 5.32 Å². The highest BCUT2D eigenvalue weighted by Crippen LogP contribution is 2.07. The lowest BCUT2D eigenvalue weighted by atomic mass is 10.2. The van der Waals surface area contributed by atoms with E-state index in [1.54, 1.807) is 12.1 Å². The molecule has 0 heterocycles. The van der Waals surface area contributed by atoms with Crippen LogP contribution in [0.5, 0.6) is 0 Å². The van der Waals surface area contributed by atoms with E-state index in [9.17, 15) is 9.59 Å². The van der Waals surface area contributed by atoms with E-state index in [4.69, 9.17) is 0 Å². The fourth-order valence-corrected chi connectivity index (χ4v) is 0.962. The van der Waals surface area contributed by atoms with Crippen LogP contribution in [0, 0.1) is 6.92 Å². The van der Waals surface area contributed by atoms with Gasteiger partial charge in [0, 0.05) is 5.69 Å². The molecule has 0 saturated carbocycles. The van der Waals surface area contributed by atoms with Gasteiger partial charge in [0.05, 0.1) is 0 Å². The molecule has 2 N–H and O–H groups in total. The van der Waals surface area contributed by atoms with Crippen LogP contribution in [0.2, 0.25) is 0 Å². The standard InChI is InChI=1S/C11H12N2O2/c1-3-10(14)13-11(15)12-9-6-4-8(2)5-7-9/h3-7H,1H2,2H3,(H2,12,13,14,15). The van der Waals surface area contributed by atoms with Crippen LogP contribution >= 0.6 is 0 Å². The maximum atomic E-state index is 11.2. The third-order valence-electron chi connectivity index (χ3n) is 1.73. The lowest BCUT2D eigenvalue weighted by molar-refractivity contribution is -0.115. The number of nitrogens with one attached hydrogen (secondary N) is 2. The average molecular weight is 204 g/mol. The Balaban J connectivity index is 2.55. The van der Waals surface area contributed by atoms with Crippen molar-refractivity contribution < 1.29 is 9.59 Å². The number of hydrogen-bond acceptors (Lipinski definition) is 2. The predicted octanol–water partition coefficient (Wildman–Crippen LogP) is 1.83. The van der Waals surface area contributed by atoms with Gasteiger partial charge in [0.2, 0.25) is 0 Å². The molecule has 0 saturated heterocycles. The second kappa shape index (κ2) is 4.95. The molecule has 0 atom stereocenters. The van der Waals surface area contributed by atoms with Crippen LogP contribution < -0.4 is 10.6 Å². The van der Waals surface area contributed by atoms with Crippen LogP contribution in [-0.2, 0) is 4.79 Å². The summed E-state index contributed by atoms with van der Waals surface area (Å²) < 4.78 is 0. The number of rotatable bonds is 2. The van der Waals surface area contributed by atoms with Crippen molar-refractivity contribution in [2.24, 2.45) is 0 Å². The molecular formula is C11H12N2O2. The highest BCUT2D eigenvalue weighted by atomic mass is 16.2. The summed E-state index contributed by atoms with van der Waals surface area (Å²) in [7, 11) is 0. The van der Waals surface area contributed by atoms with Crippen molar-refractivity contribution in [1.29, 1.82) is 0 Å². The molecule has 1 aromatic carbocycles. The first-order valence-corrected chi connectivity index (χ1v) is 4.43. The SMILES string of the molecule is C=CC(=O)NC(=O)Nc1ccc(C)cc1. The van der Waals surface area contributed by atoms with Crippen LogP contribution in [0.3, 0.4) is 0 Å². The maximum Gasteiger partial charge on any atom is 0.326 e. The van der Waals surface area contributed by atoms with Gasteiger partial charge in [-0.3, -0.25) is 10.1 Å². The van der Waals surface area contributed by atoms with Crippen molar-refractivity contribution in [3.63, 3.8) is 0 Å². The van der Waals surface area contributed by atoms with E-state index < -0.39 is 11.9 Å². The average Bonchev–Trinajstić information content (AvgIpc) is 2.21. The van der Waals surface area contributed by atoms with Crippen molar-refractivity contribution in [2.45, 2.75) is 6.92 Å². The van der Waals surface area contributed by atoms with Gasteiger partial charge in [-0.25, -0.2) is 4.79 Å². The Hall–Kier alpha value is -2.10. The van der Waals surface area contributed by atoms with Crippen LogP contribution in [0.15, 0.2) is 36.9 Å². The van der Waals surface area contributed by atoms with Gasteiger partial charge >= 0.3 is 6.03 Å². The van der Waals surface area contributed by atoms with Crippen LogP contribution in [0.25, 0.3) is 0 Å². The molecule has 0 aliphatic carbocycles. The number of benzene rings is 1. The molecule has 0 radical (unpaired) electrons. The largest absolute Gasteiger partial charge is 0.326 e. The zero-order valence-electron chi connectivity index (χ0n) is 8.41. The minimum Gasteiger partial charge on any atom is -0.308 e. The Kier molecular flexibility index (Phi) is 3.62. The summed E-state index contributed by atoms with van der Waals surface area (Å²) in [6.45, 7) is 5.19. The first kappa shape index (κ1) is 11.0. The van der Waals surface area contributed by atoms with E-state index in [2.05, 4.69) is 17.2 Å². The minimum absolute atomic E-state index is 0.528. The lowest BCUT2D eigenvalue weighted by Crippen LogP contribution is -2.32. The topological polar surface area (TPSA) is 58.2 Å². The second-order valence-corrected chi connectivity index (χ2v) is 3.01. The molecule has 4 nitrogen and oxygen atoms in total. The van der Waals surface area contributed by atoms with Crippen molar-refractivity contribution >= 4 is 17.6 Å². The normalized spacial score (nSPS) is 9.13. The van der Waals surface area contributed by atoms with Crippen LogP contribution in [0.1, 0.15) is 5.56 Å². The number of urea groups is 1. The Morgan fingerprint density at radius 1 is 1.27 bits per heavy atom. The summed E-state index contributed by atoms with van der Waals surface area (Å²) in [6, 6.07) is 6.68. The highest BCUT2D eigenvalue weighted by molar-refractivity contribution is 6.04. The van der Waals surface area contributed by atoms with Gasteiger partial charge in [-0.15, -0.1) is 0 Å². The number of imide groups is 1. The molecule has 1 rings (SSSR count). The number of hydrogen-bond donors (Lipinski definition) is 2. The quantitative estimate of drug-likeness (QED) is 0.722. The van der Waals surface area contributed by atoms with Gasteiger partial charge in [0.1, 0.15) is 0 Å². The number of carbonyl (C=O) groups excluding carboxylic acids is 2. The lowest BCUT2D eigenvalue weighted by Gasteiger charge is -2.04. The first-order chi connectivity index (χ1) is 7.11. The molecule has 4 heteroatoms. The summed E-state index contributed by atoms with van der Waals surface area (Å²) in [5.41, 5.74) is 1.73. The molecule has 0 aromatic heterocycles.